The van der Waals surface area contributed by atoms with E-state index in [2.05, 4.69) is 4.98 Å². The number of pyridine rings is 1. The van der Waals surface area contributed by atoms with Crippen LogP contribution >= 0.6 is 23.2 Å². The molecule has 102 valence electrons. The first kappa shape index (κ1) is 14.4. The first-order valence-electron chi connectivity index (χ1n) is 5.54. The van der Waals surface area contributed by atoms with Gasteiger partial charge in [0.1, 0.15) is 0 Å². The number of alkyl halides is 4. The van der Waals surface area contributed by atoms with Crippen molar-refractivity contribution in [1.82, 2.24) is 4.98 Å². The lowest BCUT2D eigenvalue weighted by molar-refractivity contribution is -0.137. The molecule has 0 aromatic carbocycles. The molecule has 0 spiro atoms. The highest BCUT2D eigenvalue weighted by molar-refractivity contribution is 6.32. The number of rotatable bonds is 1. The van der Waals surface area contributed by atoms with Crippen molar-refractivity contribution in [1.29, 1.82) is 0 Å². The van der Waals surface area contributed by atoms with Gasteiger partial charge >= 0.3 is 6.18 Å². The second-order valence-electron chi connectivity index (χ2n) is 4.30. The highest BCUT2D eigenvalue weighted by Crippen LogP contribution is 2.35. The molecule has 0 radical (unpaired) electrons. The van der Waals surface area contributed by atoms with Crippen molar-refractivity contribution in [3.05, 3.63) is 46.3 Å². The molecular weight excluding hydrogens is 298 g/mol. The van der Waals surface area contributed by atoms with Crippen LogP contribution in [0.2, 0.25) is 5.02 Å². The lowest BCUT2D eigenvalue weighted by Gasteiger charge is -2.16. The van der Waals surface area contributed by atoms with Gasteiger partial charge in [0.2, 0.25) is 0 Å². The number of hydrogen-bond acceptors (Lipinski definition) is 1. The van der Waals surface area contributed by atoms with Crippen molar-refractivity contribution in [3.63, 3.8) is 0 Å². The standard InChI is InChI=1S/C13H10Cl2F3N/c1-7-4-8(2-3-10(7)14)12-11(15)5-9(6-19-12)13(16,17)18/h2,4-6,10H,3H2,1H3. The van der Waals surface area contributed by atoms with Gasteiger partial charge in [0.15, 0.2) is 0 Å². The van der Waals surface area contributed by atoms with Gasteiger partial charge in [0, 0.05) is 6.20 Å². The number of hydrogen-bond donors (Lipinski definition) is 0. The molecule has 1 nitrogen and oxygen atoms in total. The maximum Gasteiger partial charge on any atom is 0.417 e. The fraction of sp³-hybridized carbons (Fsp3) is 0.308. The summed E-state index contributed by atoms with van der Waals surface area (Å²) < 4.78 is 37.5. The van der Waals surface area contributed by atoms with Crippen LogP contribution in [-0.4, -0.2) is 10.4 Å². The maximum absolute atomic E-state index is 12.5. The van der Waals surface area contributed by atoms with Gasteiger partial charge in [0.05, 0.1) is 21.7 Å². The number of aromatic nitrogens is 1. The summed E-state index contributed by atoms with van der Waals surface area (Å²) >= 11 is 11.9. The van der Waals surface area contributed by atoms with Crippen LogP contribution in [0.1, 0.15) is 24.6 Å². The predicted octanol–water partition coefficient (Wildman–Crippen LogP) is 5.09. The van der Waals surface area contributed by atoms with E-state index in [9.17, 15) is 13.2 Å². The Balaban J connectivity index is 2.38. The van der Waals surface area contributed by atoms with E-state index in [0.29, 0.717) is 17.7 Å². The molecule has 1 atom stereocenters. The zero-order valence-corrected chi connectivity index (χ0v) is 11.4. The molecule has 1 aromatic heterocycles. The Labute approximate surface area is 118 Å². The Morgan fingerprint density at radius 3 is 2.58 bits per heavy atom. The fourth-order valence-electron chi connectivity index (χ4n) is 1.78. The van der Waals surface area contributed by atoms with Crippen LogP contribution < -0.4 is 0 Å². The summed E-state index contributed by atoms with van der Waals surface area (Å²) in [6.45, 7) is 1.86. The largest absolute Gasteiger partial charge is 0.417 e. The van der Waals surface area contributed by atoms with Crippen LogP contribution in [0, 0.1) is 0 Å². The van der Waals surface area contributed by atoms with E-state index in [1.54, 1.807) is 6.08 Å². The molecule has 0 aliphatic heterocycles. The molecule has 1 aliphatic carbocycles. The first-order valence-corrected chi connectivity index (χ1v) is 6.36. The summed E-state index contributed by atoms with van der Waals surface area (Å²) in [4.78, 5) is 3.82. The monoisotopic (exact) mass is 307 g/mol. The second-order valence-corrected chi connectivity index (χ2v) is 5.24. The van der Waals surface area contributed by atoms with Crippen molar-refractivity contribution >= 4 is 28.8 Å². The molecule has 1 aromatic rings. The van der Waals surface area contributed by atoms with Gasteiger partial charge in [-0.2, -0.15) is 13.2 Å². The average molecular weight is 308 g/mol. The van der Waals surface area contributed by atoms with Crippen LogP contribution in [0.25, 0.3) is 5.57 Å². The normalized spacial score (nSPS) is 20.0. The Morgan fingerprint density at radius 1 is 1.37 bits per heavy atom. The summed E-state index contributed by atoms with van der Waals surface area (Å²) in [5, 5.41) is -0.102. The summed E-state index contributed by atoms with van der Waals surface area (Å²) in [6.07, 6.45) is 0.578. The quantitative estimate of drug-likeness (QED) is 0.658. The molecule has 2 rings (SSSR count). The van der Waals surface area contributed by atoms with Crippen molar-refractivity contribution in [3.8, 4) is 0 Å². The minimum Gasteiger partial charge on any atom is -0.254 e. The second kappa shape index (κ2) is 5.17. The molecule has 0 bridgehead atoms. The van der Waals surface area contributed by atoms with E-state index in [0.717, 1.165) is 17.8 Å². The third-order valence-electron chi connectivity index (χ3n) is 2.86. The SMILES string of the molecule is CC1=CC(c2ncc(C(F)(F)F)cc2Cl)=CCC1Cl. The molecule has 0 fully saturated rings. The Morgan fingerprint density at radius 2 is 2.05 bits per heavy atom. The summed E-state index contributed by atoms with van der Waals surface area (Å²) in [5.74, 6) is 0. The Kier molecular flexibility index (Phi) is 3.92. The van der Waals surface area contributed by atoms with Gasteiger partial charge in [0.25, 0.3) is 0 Å². The predicted molar refractivity (Wildman–Crippen MR) is 70.2 cm³/mol. The van der Waals surface area contributed by atoms with Gasteiger partial charge in [-0.25, -0.2) is 0 Å². The third kappa shape index (κ3) is 3.12. The molecule has 0 saturated carbocycles. The molecule has 1 unspecified atom stereocenters. The average Bonchev–Trinajstić information content (AvgIpc) is 2.31. The van der Waals surface area contributed by atoms with E-state index in [1.807, 2.05) is 13.0 Å². The Bertz CT molecular complexity index is 561. The summed E-state index contributed by atoms with van der Waals surface area (Å²) in [5.41, 5.74) is 1.14. The molecular formula is C13H10Cl2F3N. The van der Waals surface area contributed by atoms with Crippen LogP contribution in [0.3, 0.4) is 0 Å². The van der Waals surface area contributed by atoms with Gasteiger partial charge in [-0.15, -0.1) is 11.6 Å². The van der Waals surface area contributed by atoms with Crippen molar-refractivity contribution < 1.29 is 13.2 Å². The number of halogens is 5. The molecule has 0 amide bonds. The Hall–Kier alpha value is -1.00. The molecule has 1 heterocycles. The molecule has 1 aliphatic rings. The van der Waals surface area contributed by atoms with E-state index < -0.39 is 11.7 Å². The minimum atomic E-state index is -4.44. The number of allylic oxidation sites excluding steroid dienone is 4. The molecule has 0 N–H and O–H groups in total. The summed E-state index contributed by atoms with van der Waals surface area (Å²) in [6, 6.07) is 0.890. The van der Waals surface area contributed by atoms with Crippen LogP contribution in [0.4, 0.5) is 13.2 Å². The molecule has 19 heavy (non-hydrogen) atoms. The lowest BCUT2D eigenvalue weighted by Crippen LogP contribution is -2.08. The smallest absolute Gasteiger partial charge is 0.254 e. The molecule has 0 saturated heterocycles. The fourth-order valence-corrected chi connectivity index (χ4v) is 2.21. The van der Waals surface area contributed by atoms with Crippen molar-refractivity contribution in [2.45, 2.75) is 24.9 Å². The number of nitrogens with zero attached hydrogens (tertiary/aromatic N) is 1. The summed E-state index contributed by atoms with van der Waals surface area (Å²) in [7, 11) is 0. The minimum absolute atomic E-state index is 0.0156. The highest BCUT2D eigenvalue weighted by atomic mass is 35.5. The van der Waals surface area contributed by atoms with Gasteiger partial charge in [-0.05, 0) is 25.0 Å². The van der Waals surface area contributed by atoms with E-state index >= 15 is 0 Å². The van der Waals surface area contributed by atoms with Crippen molar-refractivity contribution in [2.24, 2.45) is 0 Å². The highest BCUT2D eigenvalue weighted by Gasteiger charge is 2.31. The third-order valence-corrected chi connectivity index (χ3v) is 3.67. The topological polar surface area (TPSA) is 12.9 Å². The van der Waals surface area contributed by atoms with Crippen LogP contribution in [-0.2, 0) is 6.18 Å². The first-order chi connectivity index (χ1) is 8.79. The maximum atomic E-state index is 12.5. The molecule has 6 heteroatoms. The van der Waals surface area contributed by atoms with Crippen LogP contribution in [0.5, 0.6) is 0 Å². The van der Waals surface area contributed by atoms with Crippen molar-refractivity contribution in [2.75, 3.05) is 0 Å². The zero-order valence-electron chi connectivity index (χ0n) is 9.93. The van der Waals surface area contributed by atoms with Gasteiger partial charge in [-0.3, -0.25) is 4.98 Å². The van der Waals surface area contributed by atoms with Gasteiger partial charge < -0.3 is 0 Å². The van der Waals surface area contributed by atoms with Crippen LogP contribution in [0.15, 0.2) is 30.0 Å². The van der Waals surface area contributed by atoms with E-state index in [4.69, 9.17) is 23.2 Å². The lowest BCUT2D eigenvalue weighted by atomic mass is 9.97. The van der Waals surface area contributed by atoms with E-state index in [-0.39, 0.29) is 10.4 Å². The van der Waals surface area contributed by atoms with Gasteiger partial charge in [-0.1, -0.05) is 29.3 Å². The zero-order chi connectivity index (χ0) is 14.2. The van der Waals surface area contributed by atoms with E-state index in [1.165, 1.54) is 0 Å².